The smallest absolute Gasteiger partial charge is 0 e. The summed E-state index contributed by atoms with van der Waals surface area (Å²) < 4.78 is 53.8. The van der Waals surface area contributed by atoms with Crippen molar-refractivity contribution in [3.8, 4) is 0 Å². The largest absolute Gasteiger partial charge is 0 e. The Balaban J connectivity index is -0.000000320. The second-order valence-electron chi connectivity index (χ2n) is 1.06. The quantitative estimate of drug-likeness (QED) is 0.296. The van der Waals surface area contributed by atoms with Crippen molar-refractivity contribution in [1.29, 1.82) is 0 Å². The van der Waals surface area contributed by atoms with Crippen LogP contribution in [0.2, 0.25) is 0 Å². The van der Waals surface area contributed by atoms with Crippen LogP contribution in [-0.2, 0) is 40.0 Å². The van der Waals surface area contributed by atoms with Gasteiger partial charge in [-0.05, 0) is 0 Å². The van der Waals surface area contributed by atoms with Crippen LogP contribution in [0.3, 0.4) is 0 Å². The van der Waals surface area contributed by atoms with Crippen LogP contribution in [0.25, 0.3) is 0 Å². The third-order valence-electron chi connectivity index (χ3n) is 0.213. The van der Waals surface area contributed by atoms with E-state index in [2.05, 4.69) is 2.59 Å². The van der Waals surface area contributed by atoms with Crippen LogP contribution in [0, 0.1) is 73.7 Å². The number of rotatable bonds is 2. The average molecular weight is 556 g/mol. The minimum atomic E-state index is -5.58. The van der Waals surface area contributed by atoms with E-state index in [1.54, 1.807) is 0 Å². The van der Waals surface area contributed by atoms with Crippen molar-refractivity contribution in [2.45, 2.75) is 0 Å². The molecule has 0 saturated heterocycles. The molecule has 0 amide bonds. The van der Waals surface area contributed by atoms with E-state index in [0.717, 1.165) is 0 Å². The zero-order chi connectivity index (χ0) is 7.71. The SMILES string of the molecule is [O]=[V]([OH])([OH])[O][V](=[O])([OH])[OH].[Tm].[Tm]. The predicted molar refractivity (Wildman–Crippen MR) is 11.3 cm³/mol. The molecule has 0 saturated carbocycles. The summed E-state index contributed by atoms with van der Waals surface area (Å²) in [7, 11) is 0. The molecule has 0 unspecified atom stereocenters. The summed E-state index contributed by atoms with van der Waals surface area (Å²) in [6.07, 6.45) is 0. The fourth-order valence-corrected chi connectivity index (χ4v) is 2.36. The van der Waals surface area contributed by atoms with Gasteiger partial charge >= 0.3 is 56.1 Å². The zero-order valence-corrected chi connectivity index (χ0v) is 10.8. The Morgan fingerprint density at radius 3 is 1.00 bits per heavy atom. The molecule has 0 aliphatic heterocycles. The van der Waals surface area contributed by atoms with Crippen LogP contribution in [0.1, 0.15) is 0 Å². The van der Waals surface area contributed by atoms with Gasteiger partial charge in [-0.25, -0.2) is 0 Å². The second-order valence-corrected chi connectivity index (χ2v) is 5.43. The molecule has 0 rings (SSSR count). The molecule has 2 radical (unpaired) electrons. The average Bonchev–Trinajstić information content (AvgIpc) is 1.14. The van der Waals surface area contributed by atoms with E-state index in [1.807, 2.05) is 0 Å². The van der Waals surface area contributed by atoms with E-state index in [9.17, 15) is 7.35 Å². The molecule has 0 heterocycles. The molecule has 0 spiro atoms. The first-order valence-corrected chi connectivity index (χ1v) is 6.31. The van der Waals surface area contributed by atoms with Crippen LogP contribution in [-0.4, -0.2) is 16.1 Å². The molecule has 0 aromatic rings. The second kappa shape index (κ2) is 7.34. The Kier molecular flexibility index (Phi) is 13.1. The van der Waals surface area contributed by atoms with Crippen molar-refractivity contribution in [1.82, 2.24) is 0 Å². The van der Waals surface area contributed by atoms with Gasteiger partial charge in [0.2, 0.25) is 0 Å². The summed E-state index contributed by atoms with van der Waals surface area (Å²) in [5.41, 5.74) is 0. The van der Waals surface area contributed by atoms with Gasteiger partial charge < -0.3 is 0 Å². The first-order chi connectivity index (χ1) is 3.71. The van der Waals surface area contributed by atoms with Gasteiger partial charge in [0.1, 0.15) is 0 Å². The number of hydrogen-bond acceptors (Lipinski definition) is 3. The molecule has 4 N–H and O–H groups in total. The van der Waals surface area contributed by atoms with Crippen molar-refractivity contribution in [2.75, 3.05) is 0 Å². The van der Waals surface area contributed by atoms with Gasteiger partial charge in [-0.3, -0.25) is 0 Å². The Labute approximate surface area is 127 Å². The molecule has 0 aromatic carbocycles. The van der Waals surface area contributed by atoms with Gasteiger partial charge in [-0.1, -0.05) is 0 Å². The number of hydrogen-bond donors (Lipinski definition) is 4. The van der Waals surface area contributed by atoms with Crippen LogP contribution in [0.5, 0.6) is 0 Å². The zero-order valence-electron chi connectivity index (χ0n) is 4.46. The standard InChI is InChI=1S/4H2O.3O.2Tm.2V/h4*1H2;;;;;;;/q;;;;;;;;;2*+2/p-4. The van der Waals surface area contributed by atoms with E-state index < -0.39 is 30.0 Å². The van der Waals surface area contributed by atoms with Gasteiger partial charge in [-0.2, -0.15) is 0 Å². The van der Waals surface area contributed by atoms with Crippen molar-refractivity contribution < 1.29 is 130 Å². The summed E-state index contributed by atoms with van der Waals surface area (Å²) >= 11 is -11.2. The molecule has 0 aromatic heterocycles. The Morgan fingerprint density at radius 1 is 0.818 bits per heavy atom. The van der Waals surface area contributed by atoms with Crippen molar-refractivity contribution in [3.63, 3.8) is 0 Å². The van der Waals surface area contributed by atoms with Crippen LogP contribution in [0.4, 0.5) is 0 Å². The predicted octanol–water partition coefficient (Wildman–Crippen LogP) is -2.54. The van der Waals surface area contributed by atoms with E-state index in [1.165, 1.54) is 0 Å². The minimum absolute atomic E-state index is 0. The van der Waals surface area contributed by atoms with Gasteiger partial charge in [0, 0.05) is 73.7 Å². The Bertz CT molecular complexity index is 155. The fourth-order valence-electron chi connectivity index (χ4n) is 0.139. The molecule has 0 aliphatic carbocycles. The van der Waals surface area contributed by atoms with Crippen LogP contribution in [0.15, 0.2) is 0 Å². The van der Waals surface area contributed by atoms with Gasteiger partial charge in [0.05, 0.1) is 0 Å². The summed E-state index contributed by atoms with van der Waals surface area (Å²) in [6.45, 7) is 0. The molecule has 11 heteroatoms. The van der Waals surface area contributed by atoms with Gasteiger partial charge in [-0.15, -0.1) is 0 Å². The first-order valence-electron chi connectivity index (χ1n) is 1.53. The first kappa shape index (κ1) is 19.6. The van der Waals surface area contributed by atoms with Crippen LogP contribution < -0.4 is 0 Å². The summed E-state index contributed by atoms with van der Waals surface area (Å²) in [5, 5.41) is 0. The van der Waals surface area contributed by atoms with Gasteiger partial charge in [0.25, 0.3) is 0 Å². The maximum Gasteiger partial charge on any atom is 0 e. The normalized spacial score (nSPS) is 11.3. The van der Waals surface area contributed by atoms with E-state index in [-0.39, 0.29) is 73.7 Å². The van der Waals surface area contributed by atoms with Crippen molar-refractivity contribution in [2.24, 2.45) is 0 Å². The van der Waals surface area contributed by atoms with Crippen LogP contribution >= 0.6 is 0 Å². The Hall–Kier alpha value is 3.04. The van der Waals surface area contributed by atoms with E-state index in [4.69, 9.17) is 16.1 Å². The van der Waals surface area contributed by atoms with Crippen molar-refractivity contribution >= 4 is 0 Å². The van der Waals surface area contributed by atoms with Crippen molar-refractivity contribution in [3.05, 3.63) is 0 Å². The van der Waals surface area contributed by atoms with E-state index in [0.29, 0.717) is 0 Å². The molecular formula is H4O7Tm2V2. The molecule has 7 nitrogen and oxygen atoms in total. The maximum absolute atomic E-state index is 9.70. The third kappa shape index (κ3) is 19.4. The van der Waals surface area contributed by atoms with E-state index >= 15 is 0 Å². The van der Waals surface area contributed by atoms with Gasteiger partial charge in [0.15, 0.2) is 0 Å². The molecular weight excluding hydrogens is 552 g/mol. The topological polar surface area (TPSA) is 124 Å². The summed E-state index contributed by atoms with van der Waals surface area (Å²) in [6, 6.07) is 0. The maximum atomic E-state index is 9.70. The molecule has 0 aliphatic rings. The summed E-state index contributed by atoms with van der Waals surface area (Å²) in [5.74, 6) is 0. The third-order valence-corrected chi connectivity index (χ3v) is 3.62. The summed E-state index contributed by atoms with van der Waals surface area (Å²) in [4.78, 5) is 0. The molecule has 0 fully saturated rings. The molecule has 82 valence electrons. The molecule has 11 heavy (non-hydrogen) atoms. The minimum Gasteiger partial charge on any atom is 0 e. The Morgan fingerprint density at radius 2 is 1.00 bits per heavy atom. The fraction of sp³-hybridized carbons (Fsp3) is 0. The monoisotopic (exact) mass is 556 g/mol. The molecule has 0 bridgehead atoms. The molecule has 0 atom stereocenters.